The molecular formula is C21H30Cl2N2O2. The van der Waals surface area contributed by atoms with E-state index in [0.717, 1.165) is 34.4 Å². The van der Waals surface area contributed by atoms with Gasteiger partial charge in [-0.2, -0.15) is 0 Å². The van der Waals surface area contributed by atoms with Crippen LogP contribution in [0, 0.1) is 12.3 Å². The number of carboxylic acid groups (broad SMARTS) is 1. The van der Waals surface area contributed by atoms with Crippen LogP contribution in [0.2, 0.25) is 0 Å². The molecule has 3 N–H and O–H groups in total. The number of halogens is 2. The Balaban J connectivity index is 0.00000338. The maximum absolute atomic E-state index is 12.0. The first-order valence-corrected chi connectivity index (χ1v) is 8.73. The molecule has 0 unspecified atom stereocenters. The standard InChI is InChI=1S/C21H28N2O2.2ClH/c1-6-16-19(20(24)25)18(14-9-7-13(2)8-10-14)15(12-22)17(23-16)11-21(3,4)5;;/h7-10H,6,11-12,22H2,1-5H3,(H,24,25);2*1H. The molecule has 0 amide bonds. The highest BCUT2D eigenvalue weighted by Gasteiger charge is 2.25. The molecule has 0 saturated carbocycles. The topological polar surface area (TPSA) is 76.2 Å². The summed E-state index contributed by atoms with van der Waals surface area (Å²) in [6.07, 6.45) is 1.33. The van der Waals surface area contributed by atoms with Crippen molar-refractivity contribution >= 4 is 30.8 Å². The summed E-state index contributed by atoms with van der Waals surface area (Å²) in [6, 6.07) is 7.93. The zero-order valence-corrected chi connectivity index (χ0v) is 18.3. The lowest BCUT2D eigenvalue weighted by molar-refractivity contribution is 0.0696. The van der Waals surface area contributed by atoms with Crippen LogP contribution >= 0.6 is 24.8 Å². The van der Waals surface area contributed by atoms with E-state index in [1.807, 2.05) is 38.1 Å². The van der Waals surface area contributed by atoms with Gasteiger partial charge in [0.1, 0.15) is 0 Å². The quantitative estimate of drug-likeness (QED) is 0.706. The second kappa shape index (κ2) is 10.1. The van der Waals surface area contributed by atoms with Crippen molar-refractivity contribution in [2.24, 2.45) is 11.1 Å². The summed E-state index contributed by atoms with van der Waals surface area (Å²) in [6.45, 7) is 10.7. The summed E-state index contributed by atoms with van der Waals surface area (Å²) < 4.78 is 0. The maximum Gasteiger partial charge on any atom is 0.338 e. The van der Waals surface area contributed by atoms with Crippen molar-refractivity contribution in [1.82, 2.24) is 4.98 Å². The van der Waals surface area contributed by atoms with Gasteiger partial charge in [0.25, 0.3) is 0 Å². The van der Waals surface area contributed by atoms with E-state index in [9.17, 15) is 9.90 Å². The lowest BCUT2D eigenvalue weighted by atomic mass is 9.84. The predicted octanol–water partition coefficient (Wildman–Crippen LogP) is 5.21. The lowest BCUT2D eigenvalue weighted by Crippen LogP contribution is -2.19. The van der Waals surface area contributed by atoms with Gasteiger partial charge >= 0.3 is 5.97 Å². The van der Waals surface area contributed by atoms with Crippen LogP contribution in [0.3, 0.4) is 0 Å². The number of nitrogens with zero attached hydrogens (tertiary/aromatic N) is 1. The molecule has 27 heavy (non-hydrogen) atoms. The van der Waals surface area contributed by atoms with Gasteiger partial charge in [-0.05, 0) is 36.3 Å². The average Bonchev–Trinajstić information content (AvgIpc) is 2.52. The van der Waals surface area contributed by atoms with Crippen molar-refractivity contribution in [3.8, 4) is 11.1 Å². The maximum atomic E-state index is 12.0. The highest BCUT2D eigenvalue weighted by atomic mass is 35.5. The summed E-state index contributed by atoms with van der Waals surface area (Å²) in [4.78, 5) is 16.7. The molecule has 0 fully saturated rings. The minimum absolute atomic E-state index is 0. The van der Waals surface area contributed by atoms with Gasteiger partial charge in [-0.3, -0.25) is 4.98 Å². The highest BCUT2D eigenvalue weighted by Crippen LogP contribution is 2.34. The van der Waals surface area contributed by atoms with E-state index >= 15 is 0 Å². The summed E-state index contributed by atoms with van der Waals surface area (Å²) in [7, 11) is 0. The summed E-state index contributed by atoms with van der Waals surface area (Å²) in [5.41, 5.74) is 11.5. The van der Waals surface area contributed by atoms with Crippen LogP contribution in [0.25, 0.3) is 11.1 Å². The second-order valence-corrected chi connectivity index (χ2v) is 7.70. The average molecular weight is 413 g/mol. The minimum atomic E-state index is -0.947. The Morgan fingerprint density at radius 2 is 1.67 bits per heavy atom. The molecule has 0 radical (unpaired) electrons. The molecule has 6 heteroatoms. The van der Waals surface area contributed by atoms with E-state index in [1.165, 1.54) is 0 Å². The van der Waals surface area contributed by atoms with Gasteiger partial charge in [0, 0.05) is 17.8 Å². The van der Waals surface area contributed by atoms with E-state index in [2.05, 4.69) is 20.8 Å². The fourth-order valence-corrected chi connectivity index (χ4v) is 3.12. The molecule has 0 bridgehead atoms. The van der Waals surface area contributed by atoms with E-state index in [4.69, 9.17) is 10.7 Å². The molecule has 0 aliphatic carbocycles. The lowest BCUT2D eigenvalue weighted by Gasteiger charge is -2.23. The molecule has 2 rings (SSSR count). The first-order chi connectivity index (χ1) is 11.7. The third-order valence-corrected chi connectivity index (χ3v) is 4.25. The van der Waals surface area contributed by atoms with Crippen LogP contribution in [-0.2, 0) is 19.4 Å². The van der Waals surface area contributed by atoms with Crippen LogP contribution in [0.1, 0.15) is 60.6 Å². The summed E-state index contributed by atoms with van der Waals surface area (Å²) in [5, 5.41) is 9.86. The summed E-state index contributed by atoms with van der Waals surface area (Å²) >= 11 is 0. The molecule has 0 atom stereocenters. The number of carboxylic acids is 1. The first kappa shape index (κ1) is 25.4. The van der Waals surface area contributed by atoms with Gasteiger partial charge in [-0.1, -0.05) is 57.5 Å². The van der Waals surface area contributed by atoms with Crippen molar-refractivity contribution in [3.63, 3.8) is 0 Å². The second-order valence-electron chi connectivity index (χ2n) is 7.70. The molecule has 1 heterocycles. The third-order valence-electron chi connectivity index (χ3n) is 4.25. The van der Waals surface area contributed by atoms with E-state index in [1.54, 1.807) is 0 Å². The van der Waals surface area contributed by atoms with Gasteiger partial charge in [-0.25, -0.2) is 4.79 Å². The Morgan fingerprint density at radius 1 is 1.11 bits per heavy atom. The summed E-state index contributed by atoms with van der Waals surface area (Å²) in [5.74, 6) is -0.947. The largest absolute Gasteiger partial charge is 0.478 e. The Labute approximate surface area is 174 Å². The Bertz CT molecular complexity index is 782. The van der Waals surface area contributed by atoms with Crippen LogP contribution in [-0.4, -0.2) is 16.1 Å². The zero-order valence-electron chi connectivity index (χ0n) is 16.6. The number of aromatic nitrogens is 1. The number of benzene rings is 1. The number of hydrogen-bond acceptors (Lipinski definition) is 3. The molecule has 150 valence electrons. The van der Waals surface area contributed by atoms with Crippen molar-refractivity contribution in [1.29, 1.82) is 0 Å². The normalized spacial score (nSPS) is 10.7. The molecule has 1 aromatic heterocycles. The highest BCUT2D eigenvalue weighted by molar-refractivity contribution is 5.98. The van der Waals surface area contributed by atoms with E-state index < -0.39 is 5.97 Å². The van der Waals surface area contributed by atoms with Crippen molar-refractivity contribution in [3.05, 3.63) is 52.3 Å². The number of aryl methyl sites for hydroxylation is 2. The number of rotatable bonds is 5. The van der Waals surface area contributed by atoms with Crippen molar-refractivity contribution in [2.75, 3.05) is 0 Å². The molecule has 2 aromatic rings. The van der Waals surface area contributed by atoms with Crippen molar-refractivity contribution in [2.45, 2.75) is 54.0 Å². The fourth-order valence-electron chi connectivity index (χ4n) is 3.12. The van der Waals surface area contributed by atoms with E-state index in [0.29, 0.717) is 12.1 Å². The van der Waals surface area contributed by atoms with E-state index in [-0.39, 0.29) is 42.3 Å². The first-order valence-electron chi connectivity index (χ1n) is 8.73. The minimum Gasteiger partial charge on any atom is -0.478 e. The molecule has 4 nitrogen and oxygen atoms in total. The molecule has 1 aromatic carbocycles. The van der Waals surface area contributed by atoms with Crippen LogP contribution < -0.4 is 5.73 Å². The van der Waals surface area contributed by atoms with Gasteiger partial charge in [0.15, 0.2) is 0 Å². The Hall–Kier alpha value is -1.62. The number of hydrogen-bond donors (Lipinski definition) is 2. The fraction of sp³-hybridized carbons (Fsp3) is 0.429. The van der Waals surface area contributed by atoms with Crippen LogP contribution in [0.4, 0.5) is 0 Å². The molecule has 0 aliphatic heterocycles. The smallest absolute Gasteiger partial charge is 0.338 e. The van der Waals surface area contributed by atoms with Crippen LogP contribution in [0.5, 0.6) is 0 Å². The van der Waals surface area contributed by atoms with Gasteiger partial charge in [-0.15, -0.1) is 24.8 Å². The molecule has 0 aliphatic rings. The van der Waals surface area contributed by atoms with Gasteiger partial charge < -0.3 is 10.8 Å². The monoisotopic (exact) mass is 412 g/mol. The van der Waals surface area contributed by atoms with Crippen molar-refractivity contribution < 1.29 is 9.90 Å². The predicted molar refractivity (Wildman–Crippen MR) is 116 cm³/mol. The van der Waals surface area contributed by atoms with Gasteiger partial charge in [0.05, 0.1) is 11.3 Å². The molecule has 0 saturated heterocycles. The number of pyridine rings is 1. The Morgan fingerprint density at radius 3 is 2.07 bits per heavy atom. The SMILES string of the molecule is CCc1nc(CC(C)(C)C)c(CN)c(-c2ccc(C)cc2)c1C(=O)O.Cl.Cl. The van der Waals surface area contributed by atoms with Crippen LogP contribution in [0.15, 0.2) is 24.3 Å². The number of nitrogens with two attached hydrogens (primary N) is 1. The number of carbonyl (C=O) groups is 1. The zero-order chi connectivity index (χ0) is 18.8. The molecule has 0 spiro atoms. The third kappa shape index (κ3) is 5.93. The number of aromatic carboxylic acids is 1. The van der Waals surface area contributed by atoms with Gasteiger partial charge in [0.2, 0.25) is 0 Å². The Kier molecular flexibility index (Phi) is 9.47. The molecular weight excluding hydrogens is 383 g/mol.